The quantitative estimate of drug-likeness (QED) is 0.0549. The number of hydrogen-bond donors (Lipinski definition) is 8. The molecule has 0 unspecified atom stereocenters. The van der Waals surface area contributed by atoms with E-state index in [1.165, 1.54) is 11.2 Å². The van der Waals surface area contributed by atoms with Crippen molar-refractivity contribution in [3.63, 3.8) is 0 Å². The van der Waals surface area contributed by atoms with E-state index in [1.807, 2.05) is 54.6 Å². The normalized spacial score (nSPS) is 16.8. The van der Waals surface area contributed by atoms with Crippen molar-refractivity contribution in [3.05, 3.63) is 90.1 Å². The number of benzene rings is 2. The van der Waals surface area contributed by atoms with Gasteiger partial charge < -0.3 is 48.0 Å². The van der Waals surface area contributed by atoms with Gasteiger partial charge in [-0.1, -0.05) is 48.5 Å². The molecule has 3 heterocycles. The Labute approximate surface area is 325 Å². The van der Waals surface area contributed by atoms with Gasteiger partial charge >= 0.3 is 0 Å². The van der Waals surface area contributed by atoms with Gasteiger partial charge in [-0.15, -0.1) is 0 Å². The number of rotatable bonds is 21. The molecule has 4 aromatic rings. The summed E-state index contributed by atoms with van der Waals surface area (Å²) in [5, 5.41) is 9.22. The van der Waals surface area contributed by atoms with Crippen LogP contribution >= 0.6 is 0 Å². The number of carbonyl (C=O) groups excluding carboxylic acids is 6. The average molecular weight is 769 g/mol. The molecule has 11 N–H and O–H groups in total. The zero-order valence-corrected chi connectivity index (χ0v) is 31.5. The molecule has 16 nitrogen and oxygen atoms in total. The summed E-state index contributed by atoms with van der Waals surface area (Å²) in [5.74, 6) is -4.02. The van der Waals surface area contributed by atoms with Gasteiger partial charge in [0.1, 0.15) is 18.1 Å². The van der Waals surface area contributed by atoms with Crippen LogP contribution in [0, 0.1) is 5.92 Å². The maximum atomic E-state index is 14.4. The number of para-hydroxylation sites is 1. The minimum atomic E-state index is -1.08. The first-order chi connectivity index (χ1) is 26.9. The van der Waals surface area contributed by atoms with Crippen LogP contribution in [-0.2, 0) is 48.0 Å². The lowest BCUT2D eigenvalue weighted by molar-refractivity contribution is -0.140. The van der Waals surface area contributed by atoms with Crippen molar-refractivity contribution in [2.75, 3.05) is 13.1 Å². The zero-order valence-electron chi connectivity index (χ0n) is 31.5. The average Bonchev–Trinajstić information content (AvgIpc) is 3.94. The first-order valence-corrected chi connectivity index (χ1v) is 19.0. The highest BCUT2D eigenvalue weighted by Gasteiger charge is 2.39. The van der Waals surface area contributed by atoms with E-state index >= 15 is 0 Å². The Kier molecular flexibility index (Phi) is 14.5. The fourth-order valence-corrected chi connectivity index (χ4v) is 7.03. The molecular formula is C40H52N10O6. The second kappa shape index (κ2) is 19.6. The lowest BCUT2D eigenvalue weighted by atomic mass is 9.89. The molecule has 6 atom stereocenters. The molecule has 0 spiro atoms. The number of H-pyrrole nitrogens is 2. The Balaban J connectivity index is 1.32. The fraction of sp³-hybridized carbons (Fsp3) is 0.425. The standard InChI is InChI=1S/C40H52N10O6/c1-24(50-16-14-33(40(50)56)48-39(55)30(42)20-28-22-44-23-46-28)37(53)49-34(18-27-21-45-31-12-6-5-11-29(27)31)35(51)19-26(17-25-9-3-2-4-10-25)38(54)47-32(36(43)52)13-7-8-15-41/h2-6,9-12,21-24,26,30,32-34,45H,7-8,13-20,41-42H2,1H3,(H2,43,52)(H,44,46)(H,47,54)(H,48,55)(H,49,53)/t24-,26-,30-,32-,33-,34-/m0/s1. The van der Waals surface area contributed by atoms with Crippen LogP contribution in [0.4, 0.5) is 0 Å². The van der Waals surface area contributed by atoms with Crippen LogP contribution in [0.25, 0.3) is 10.9 Å². The number of ketones is 1. The smallest absolute Gasteiger partial charge is 0.245 e. The number of unbranched alkanes of at least 4 members (excludes halogenated alkanes) is 1. The number of nitrogens with zero attached hydrogens (tertiary/aromatic N) is 2. The molecule has 5 rings (SSSR count). The van der Waals surface area contributed by atoms with Crippen molar-refractivity contribution in [3.8, 4) is 0 Å². The summed E-state index contributed by atoms with van der Waals surface area (Å²) in [7, 11) is 0. The number of amides is 5. The number of hydrogen-bond acceptors (Lipinski definition) is 9. The molecule has 2 aromatic carbocycles. The first kappa shape index (κ1) is 41.3. The molecule has 0 bridgehead atoms. The second-order valence-electron chi connectivity index (χ2n) is 14.4. The van der Waals surface area contributed by atoms with Crippen LogP contribution in [0.3, 0.4) is 0 Å². The molecule has 1 fully saturated rings. The van der Waals surface area contributed by atoms with Gasteiger partial charge in [0.25, 0.3) is 0 Å². The molecule has 5 amide bonds. The van der Waals surface area contributed by atoms with Crippen molar-refractivity contribution in [1.82, 2.24) is 35.8 Å². The highest BCUT2D eigenvalue weighted by atomic mass is 16.2. The van der Waals surface area contributed by atoms with Crippen LogP contribution in [0.15, 0.2) is 73.3 Å². The molecule has 2 aromatic heterocycles. The van der Waals surface area contributed by atoms with Gasteiger partial charge in [0.15, 0.2) is 5.78 Å². The maximum absolute atomic E-state index is 14.4. The molecule has 56 heavy (non-hydrogen) atoms. The highest BCUT2D eigenvalue weighted by Crippen LogP contribution is 2.23. The summed E-state index contributed by atoms with van der Waals surface area (Å²) in [6, 6.07) is 12.0. The third-order valence-electron chi connectivity index (χ3n) is 10.3. The first-order valence-electron chi connectivity index (χ1n) is 19.0. The van der Waals surface area contributed by atoms with E-state index in [4.69, 9.17) is 17.2 Å². The summed E-state index contributed by atoms with van der Waals surface area (Å²) in [6.07, 6.45) is 6.87. The topological polar surface area (TPSA) is 264 Å². The number of nitrogens with two attached hydrogens (primary N) is 3. The van der Waals surface area contributed by atoms with Gasteiger partial charge in [0.05, 0.1) is 18.4 Å². The van der Waals surface area contributed by atoms with Crippen molar-refractivity contribution in [1.29, 1.82) is 0 Å². The largest absolute Gasteiger partial charge is 0.368 e. The lowest BCUT2D eigenvalue weighted by Gasteiger charge is -2.27. The Morgan fingerprint density at radius 1 is 0.911 bits per heavy atom. The van der Waals surface area contributed by atoms with Crippen LogP contribution in [0.1, 0.15) is 55.8 Å². The molecule has 0 radical (unpaired) electrons. The van der Waals surface area contributed by atoms with Crippen LogP contribution < -0.4 is 33.2 Å². The van der Waals surface area contributed by atoms with Gasteiger partial charge in [0.2, 0.25) is 29.5 Å². The minimum absolute atomic E-state index is 0.102. The molecule has 0 saturated carbocycles. The van der Waals surface area contributed by atoms with Crippen LogP contribution in [0.2, 0.25) is 0 Å². The molecule has 298 valence electrons. The molecule has 16 heteroatoms. The van der Waals surface area contributed by atoms with E-state index < -0.39 is 71.4 Å². The molecule has 1 saturated heterocycles. The number of Topliss-reactive ketones (excluding diaryl/α,β-unsaturated/α-hetero) is 1. The number of nitrogens with one attached hydrogen (secondary N) is 5. The zero-order chi connectivity index (χ0) is 40.2. The van der Waals surface area contributed by atoms with Gasteiger partial charge in [-0.3, -0.25) is 28.8 Å². The molecule has 1 aliphatic rings. The number of fused-ring (bicyclic) bond motifs is 1. The van der Waals surface area contributed by atoms with Crippen LogP contribution in [-0.4, -0.2) is 98.5 Å². The highest BCUT2D eigenvalue weighted by molar-refractivity contribution is 5.97. The Hall–Kier alpha value is -5.87. The number of primary amides is 1. The monoisotopic (exact) mass is 768 g/mol. The van der Waals surface area contributed by atoms with E-state index in [0.717, 1.165) is 22.0 Å². The van der Waals surface area contributed by atoms with E-state index in [9.17, 15) is 28.8 Å². The predicted molar refractivity (Wildman–Crippen MR) is 209 cm³/mol. The number of aromatic nitrogens is 3. The Morgan fingerprint density at radius 3 is 2.36 bits per heavy atom. The Bertz CT molecular complexity index is 1970. The van der Waals surface area contributed by atoms with Gasteiger partial charge in [0, 0.05) is 60.7 Å². The second-order valence-corrected chi connectivity index (χ2v) is 14.4. The number of imidazole rings is 1. The number of likely N-dealkylation sites (tertiary alicyclic amines) is 1. The van der Waals surface area contributed by atoms with Crippen molar-refractivity contribution in [2.24, 2.45) is 23.1 Å². The summed E-state index contributed by atoms with van der Waals surface area (Å²) < 4.78 is 0. The van der Waals surface area contributed by atoms with Gasteiger partial charge in [-0.2, -0.15) is 0 Å². The van der Waals surface area contributed by atoms with E-state index in [-0.39, 0.29) is 38.6 Å². The predicted octanol–water partition coefficient (Wildman–Crippen LogP) is 0.511. The third-order valence-corrected chi connectivity index (χ3v) is 10.3. The third kappa shape index (κ3) is 10.9. The van der Waals surface area contributed by atoms with Gasteiger partial charge in [-0.25, -0.2) is 4.98 Å². The summed E-state index contributed by atoms with van der Waals surface area (Å²) in [5.41, 5.74) is 20.4. The van der Waals surface area contributed by atoms with Crippen molar-refractivity contribution >= 4 is 46.2 Å². The number of carbonyl (C=O) groups is 6. The summed E-state index contributed by atoms with van der Waals surface area (Å²) >= 11 is 0. The van der Waals surface area contributed by atoms with E-state index in [2.05, 4.69) is 30.9 Å². The fourth-order valence-electron chi connectivity index (χ4n) is 7.03. The SMILES string of the molecule is C[C@@H](C(=O)N[C@@H](Cc1c[nH]c2ccccc12)C(=O)C[C@H](Cc1ccccc1)C(=O)N[C@@H](CCCCN)C(N)=O)N1CC[C@H](NC(=O)[C@@H](N)Cc2cnc[nH]2)C1=O. The van der Waals surface area contributed by atoms with Crippen LogP contribution in [0.5, 0.6) is 0 Å². The molecule has 1 aliphatic heterocycles. The summed E-state index contributed by atoms with van der Waals surface area (Å²) in [6.45, 7) is 2.19. The van der Waals surface area contributed by atoms with E-state index in [0.29, 0.717) is 31.5 Å². The molecule has 0 aliphatic carbocycles. The van der Waals surface area contributed by atoms with Crippen molar-refractivity contribution in [2.45, 2.75) is 88.5 Å². The van der Waals surface area contributed by atoms with E-state index in [1.54, 1.807) is 19.3 Å². The summed E-state index contributed by atoms with van der Waals surface area (Å²) in [4.78, 5) is 92.2. The Morgan fingerprint density at radius 2 is 1.64 bits per heavy atom. The maximum Gasteiger partial charge on any atom is 0.245 e. The molecular weight excluding hydrogens is 717 g/mol. The van der Waals surface area contributed by atoms with Crippen molar-refractivity contribution < 1.29 is 28.8 Å². The van der Waals surface area contributed by atoms with Gasteiger partial charge in [-0.05, 0) is 62.8 Å². The number of aromatic amines is 2. The minimum Gasteiger partial charge on any atom is -0.368 e. The lowest BCUT2D eigenvalue weighted by Crippen LogP contribution is -2.54.